The molecule has 0 unspecified atom stereocenters. The molecule has 352 valence electrons. The Morgan fingerprint density at radius 1 is 0.371 bits per heavy atom. The molecule has 8 rings (SSSR count). The Labute approximate surface area is 404 Å². The SMILES string of the molecule is COc1cccc(P(=O)(c2ccccc2)c2ccccc2)c1-c1c(OC)cccc1P(=O)(c1ccccc1)c1ccccc1.O=C(O[C@@H](C(=O)O)[C@@H](OC(=O)c1ccccc1)C(=O)O)c1ccccc1. The fourth-order valence-electron chi connectivity index (χ4n) is 7.81. The number of carboxylic acids is 2. The maximum Gasteiger partial charge on any atom is 0.349 e. The number of methoxy groups -OCH3 is 2. The second-order valence-electron chi connectivity index (χ2n) is 15.3. The molecule has 0 spiro atoms. The zero-order valence-corrected chi connectivity index (χ0v) is 39.6. The zero-order valence-electron chi connectivity index (χ0n) is 37.8. The van der Waals surface area contributed by atoms with E-state index >= 15 is 9.13 Å². The molecule has 12 nitrogen and oxygen atoms in total. The van der Waals surface area contributed by atoms with E-state index in [1.54, 1.807) is 26.4 Å². The first-order valence-electron chi connectivity index (χ1n) is 21.7. The predicted molar refractivity (Wildman–Crippen MR) is 270 cm³/mol. The van der Waals surface area contributed by atoms with Crippen molar-refractivity contribution in [3.05, 3.63) is 230 Å². The van der Waals surface area contributed by atoms with Gasteiger partial charge in [0.25, 0.3) is 0 Å². The number of carbonyl (C=O) groups is 4. The Balaban J connectivity index is 0.000000237. The molecule has 8 aromatic carbocycles. The highest BCUT2D eigenvalue weighted by Gasteiger charge is 2.42. The van der Waals surface area contributed by atoms with Crippen LogP contribution in [-0.2, 0) is 28.2 Å². The van der Waals surface area contributed by atoms with Crippen LogP contribution in [0.5, 0.6) is 11.5 Å². The molecule has 0 aliphatic carbocycles. The number of carbonyl (C=O) groups excluding carboxylic acids is 2. The average molecular weight is 973 g/mol. The first kappa shape index (κ1) is 49.6. The van der Waals surface area contributed by atoms with Crippen LogP contribution in [0.3, 0.4) is 0 Å². The van der Waals surface area contributed by atoms with E-state index in [9.17, 15) is 29.4 Å². The number of rotatable bonds is 16. The van der Waals surface area contributed by atoms with Gasteiger partial charge >= 0.3 is 23.9 Å². The van der Waals surface area contributed by atoms with Gasteiger partial charge < -0.3 is 38.3 Å². The Morgan fingerprint density at radius 3 is 0.871 bits per heavy atom. The molecule has 0 bridgehead atoms. The minimum atomic E-state index is -3.49. The number of hydrogen-bond acceptors (Lipinski definition) is 10. The van der Waals surface area contributed by atoms with Gasteiger partial charge in [0.15, 0.2) is 14.3 Å². The van der Waals surface area contributed by atoms with E-state index in [1.807, 2.05) is 158 Å². The lowest BCUT2D eigenvalue weighted by Crippen LogP contribution is -2.45. The smallest absolute Gasteiger partial charge is 0.349 e. The van der Waals surface area contributed by atoms with Crippen molar-refractivity contribution < 1.29 is 57.5 Å². The Morgan fingerprint density at radius 2 is 0.629 bits per heavy atom. The summed E-state index contributed by atoms with van der Waals surface area (Å²) in [5.41, 5.74) is 1.23. The predicted octanol–water partition coefficient (Wildman–Crippen LogP) is 8.26. The number of aliphatic carboxylic acids is 2. The highest BCUT2D eigenvalue weighted by atomic mass is 31.2. The van der Waals surface area contributed by atoms with Gasteiger partial charge in [0.05, 0.1) is 25.3 Å². The minimum Gasteiger partial charge on any atom is -0.496 e. The third kappa shape index (κ3) is 10.5. The summed E-state index contributed by atoms with van der Waals surface area (Å²) in [7, 11) is -3.78. The fraction of sp³-hybridized carbons (Fsp3) is 0.0714. The van der Waals surface area contributed by atoms with Crippen molar-refractivity contribution in [2.24, 2.45) is 0 Å². The van der Waals surface area contributed by atoms with Crippen LogP contribution in [0.1, 0.15) is 20.7 Å². The third-order valence-corrected chi connectivity index (χ3v) is 17.3. The minimum absolute atomic E-state index is 0.0253. The summed E-state index contributed by atoms with van der Waals surface area (Å²) in [5.74, 6) is -4.62. The summed E-state index contributed by atoms with van der Waals surface area (Å²) in [4.78, 5) is 46.8. The van der Waals surface area contributed by atoms with Crippen LogP contribution >= 0.6 is 14.3 Å². The van der Waals surface area contributed by atoms with Crippen LogP contribution in [0.25, 0.3) is 11.1 Å². The molecule has 0 aliphatic heterocycles. The van der Waals surface area contributed by atoms with Crippen LogP contribution in [0.4, 0.5) is 0 Å². The topological polar surface area (TPSA) is 180 Å². The van der Waals surface area contributed by atoms with Crippen molar-refractivity contribution in [2.45, 2.75) is 12.2 Å². The quantitative estimate of drug-likeness (QED) is 0.0701. The van der Waals surface area contributed by atoms with Gasteiger partial charge in [0.1, 0.15) is 11.5 Å². The highest BCUT2D eigenvalue weighted by Crippen LogP contribution is 2.52. The molecule has 70 heavy (non-hydrogen) atoms. The van der Waals surface area contributed by atoms with Gasteiger partial charge in [-0.05, 0) is 48.5 Å². The number of carboxylic acid groups (broad SMARTS) is 2. The van der Waals surface area contributed by atoms with Crippen molar-refractivity contribution in [3.63, 3.8) is 0 Å². The lowest BCUT2D eigenvalue weighted by Gasteiger charge is -2.28. The van der Waals surface area contributed by atoms with Gasteiger partial charge in [0.2, 0.25) is 12.2 Å². The molecule has 0 fully saturated rings. The van der Waals surface area contributed by atoms with Crippen molar-refractivity contribution in [1.29, 1.82) is 0 Å². The van der Waals surface area contributed by atoms with Gasteiger partial charge in [0, 0.05) is 43.0 Å². The van der Waals surface area contributed by atoms with E-state index in [0.29, 0.717) is 54.5 Å². The normalized spacial score (nSPS) is 11.9. The van der Waals surface area contributed by atoms with Gasteiger partial charge in [-0.25, -0.2) is 19.2 Å². The largest absolute Gasteiger partial charge is 0.496 e. The highest BCUT2D eigenvalue weighted by molar-refractivity contribution is 7.86. The summed E-state index contributed by atoms with van der Waals surface area (Å²) in [5, 5.41) is 22.4. The maximum atomic E-state index is 15.8. The van der Waals surface area contributed by atoms with Crippen molar-refractivity contribution in [3.8, 4) is 22.6 Å². The third-order valence-electron chi connectivity index (χ3n) is 11.1. The molecule has 2 atom stereocenters. The molecule has 0 heterocycles. The molecule has 2 N–H and O–H groups in total. The number of benzene rings is 8. The molecule has 0 saturated carbocycles. The second-order valence-corrected chi connectivity index (χ2v) is 20.8. The fourth-order valence-corrected chi connectivity index (χ4v) is 13.6. The molecular weight excluding hydrogens is 927 g/mol. The van der Waals surface area contributed by atoms with Gasteiger partial charge in [-0.2, -0.15) is 0 Å². The lowest BCUT2D eigenvalue weighted by molar-refractivity contribution is -0.166. The van der Waals surface area contributed by atoms with Crippen molar-refractivity contribution >= 4 is 70.0 Å². The average Bonchev–Trinajstić information content (AvgIpc) is 3.42. The molecule has 0 amide bonds. The molecule has 8 aromatic rings. The van der Waals surface area contributed by atoms with E-state index in [-0.39, 0.29) is 11.1 Å². The van der Waals surface area contributed by atoms with Crippen LogP contribution in [0, 0.1) is 0 Å². The number of hydrogen-bond donors (Lipinski definition) is 2. The molecule has 0 radical (unpaired) electrons. The Hall–Kier alpha value is -8.30. The zero-order chi connectivity index (χ0) is 49.7. The van der Waals surface area contributed by atoms with E-state index in [1.165, 1.54) is 48.5 Å². The summed E-state index contributed by atoms with van der Waals surface area (Å²) in [6, 6.07) is 64.1. The van der Waals surface area contributed by atoms with Gasteiger partial charge in [-0.3, -0.25) is 0 Å². The summed E-state index contributed by atoms with van der Waals surface area (Å²) < 4.78 is 53.2. The summed E-state index contributed by atoms with van der Waals surface area (Å²) in [6.07, 6.45) is -4.43. The lowest BCUT2D eigenvalue weighted by atomic mass is 10.0. The van der Waals surface area contributed by atoms with Crippen LogP contribution in [0.2, 0.25) is 0 Å². The second kappa shape index (κ2) is 22.7. The van der Waals surface area contributed by atoms with Crippen molar-refractivity contribution in [1.82, 2.24) is 0 Å². The standard InChI is InChI=1S/C38H32O4P2.C18H14O8/c1-41-33-25-15-27-35(43(39,29-17-7-3-8-18-29)30-19-9-4-10-20-30)37(33)38-34(42-2)26-16-28-36(38)44(40,31-21-11-5-12-22-31)32-23-13-6-14-24-32;19-15(20)13(25-17(23)11-7-3-1-4-8-11)14(16(21)22)26-18(24)12-9-5-2-6-10-12/h3-28H,1-2H3;1-10,13-14H,(H,19,20)(H,21,22)/t;13-,14-/m.1/s1. The number of ether oxygens (including phenoxy) is 4. The monoisotopic (exact) mass is 972 g/mol. The molecule has 0 aromatic heterocycles. The van der Waals surface area contributed by atoms with Gasteiger partial charge in [-0.15, -0.1) is 0 Å². The van der Waals surface area contributed by atoms with Gasteiger partial charge in [-0.1, -0.05) is 170 Å². The first-order valence-corrected chi connectivity index (χ1v) is 25.1. The van der Waals surface area contributed by atoms with Crippen LogP contribution in [0.15, 0.2) is 218 Å². The van der Waals surface area contributed by atoms with E-state index in [0.717, 1.165) is 0 Å². The molecule has 0 saturated heterocycles. The number of esters is 2. The Bertz CT molecular complexity index is 2870. The Kier molecular flexibility index (Phi) is 16.1. The molecule has 0 aliphatic rings. The van der Waals surface area contributed by atoms with E-state index in [2.05, 4.69) is 0 Å². The first-order chi connectivity index (χ1) is 33.9. The van der Waals surface area contributed by atoms with Crippen molar-refractivity contribution in [2.75, 3.05) is 14.2 Å². The molecular formula is C56H46O12P2. The maximum absolute atomic E-state index is 15.8. The van der Waals surface area contributed by atoms with Crippen LogP contribution in [-0.4, -0.2) is 60.5 Å². The van der Waals surface area contributed by atoms with E-state index in [4.69, 9.17) is 18.9 Å². The van der Waals surface area contributed by atoms with Crippen LogP contribution < -0.4 is 41.3 Å². The molecule has 14 heteroatoms. The summed E-state index contributed by atoms with van der Waals surface area (Å²) in [6.45, 7) is 0. The van der Waals surface area contributed by atoms with E-state index < -0.39 is 50.4 Å². The summed E-state index contributed by atoms with van der Waals surface area (Å²) >= 11 is 0.